The predicted octanol–water partition coefficient (Wildman–Crippen LogP) is 1.92. The van der Waals surface area contributed by atoms with Gasteiger partial charge in [0.1, 0.15) is 0 Å². The van der Waals surface area contributed by atoms with Gasteiger partial charge < -0.3 is 0 Å². The summed E-state index contributed by atoms with van der Waals surface area (Å²) in [5, 5.41) is 5.99. The second-order valence-corrected chi connectivity index (χ2v) is 4.46. The van der Waals surface area contributed by atoms with Crippen LogP contribution in [0, 0.1) is 0 Å². The summed E-state index contributed by atoms with van der Waals surface area (Å²) in [5.74, 6) is 0. The van der Waals surface area contributed by atoms with E-state index < -0.39 is 0 Å². The zero-order valence-electron chi connectivity index (χ0n) is 10.6. The SMILES string of the molecule is Cn1nc(Cc2cccnc2)c2ccccc2c1=O. The van der Waals surface area contributed by atoms with Gasteiger partial charge in [0.15, 0.2) is 0 Å². The van der Waals surface area contributed by atoms with E-state index in [4.69, 9.17) is 0 Å². The Hall–Kier alpha value is -2.49. The summed E-state index contributed by atoms with van der Waals surface area (Å²) in [6.07, 6.45) is 4.24. The highest BCUT2D eigenvalue weighted by molar-refractivity contribution is 5.83. The maximum Gasteiger partial charge on any atom is 0.274 e. The van der Waals surface area contributed by atoms with E-state index in [1.54, 1.807) is 13.2 Å². The third-order valence-corrected chi connectivity index (χ3v) is 3.13. The molecule has 0 bridgehead atoms. The standard InChI is InChI=1S/C15H13N3O/c1-18-15(19)13-7-3-2-6-12(13)14(17-18)9-11-5-4-8-16-10-11/h2-8,10H,9H2,1H3. The highest BCUT2D eigenvalue weighted by atomic mass is 16.1. The van der Waals surface area contributed by atoms with Gasteiger partial charge in [-0.3, -0.25) is 9.78 Å². The minimum absolute atomic E-state index is 0.0643. The van der Waals surface area contributed by atoms with E-state index in [0.717, 1.165) is 16.6 Å². The first kappa shape index (κ1) is 11.6. The lowest BCUT2D eigenvalue weighted by Crippen LogP contribution is -2.21. The van der Waals surface area contributed by atoms with Gasteiger partial charge in [-0.25, -0.2) is 4.68 Å². The molecular formula is C15H13N3O. The van der Waals surface area contributed by atoms with Crippen LogP contribution in [0.15, 0.2) is 53.6 Å². The summed E-state index contributed by atoms with van der Waals surface area (Å²) in [7, 11) is 1.68. The van der Waals surface area contributed by atoms with Crippen LogP contribution in [0.1, 0.15) is 11.3 Å². The summed E-state index contributed by atoms with van der Waals surface area (Å²) in [5.41, 5.74) is 1.91. The van der Waals surface area contributed by atoms with E-state index in [0.29, 0.717) is 11.8 Å². The maximum atomic E-state index is 12.0. The lowest BCUT2D eigenvalue weighted by atomic mass is 10.1. The largest absolute Gasteiger partial charge is 0.274 e. The average Bonchev–Trinajstić information content (AvgIpc) is 2.46. The van der Waals surface area contributed by atoms with Crippen LogP contribution in [0.25, 0.3) is 10.8 Å². The number of hydrogen-bond donors (Lipinski definition) is 0. The molecule has 0 unspecified atom stereocenters. The van der Waals surface area contributed by atoms with E-state index in [2.05, 4.69) is 10.1 Å². The lowest BCUT2D eigenvalue weighted by molar-refractivity contribution is 0.697. The first-order chi connectivity index (χ1) is 9.25. The second-order valence-electron chi connectivity index (χ2n) is 4.46. The molecule has 0 saturated heterocycles. The first-order valence-electron chi connectivity index (χ1n) is 6.09. The van der Waals surface area contributed by atoms with Crippen molar-refractivity contribution in [1.29, 1.82) is 0 Å². The third kappa shape index (κ3) is 2.12. The second kappa shape index (κ2) is 4.65. The van der Waals surface area contributed by atoms with Crippen LogP contribution in [0.3, 0.4) is 0 Å². The summed E-state index contributed by atoms with van der Waals surface area (Å²) in [4.78, 5) is 16.1. The molecule has 0 aliphatic rings. The molecule has 1 aromatic carbocycles. The molecule has 0 radical (unpaired) electrons. The Morgan fingerprint density at radius 3 is 2.63 bits per heavy atom. The fraction of sp³-hybridized carbons (Fsp3) is 0.133. The summed E-state index contributed by atoms with van der Waals surface area (Å²) in [6, 6.07) is 11.5. The molecular weight excluding hydrogens is 238 g/mol. The van der Waals surface area contributed by atoms with Crippen molar-refractivity contribution in [2.24, 2.45) is 7.05 Å². The Morgan fingerprint density at radius 1 is 1.11 bits per heavy atom. The topological polar surface area (TPSA) is 47.8 Å². The molecule has 0 N–H and O–H groups in total. The van der Waals surface area contributed by atoms with Crippen molar-refractivity contribution in [3.8, 4) is 0 Å². The molecule has 4 nitrogen and oxygen atoms in total. The highest BCUT2D eigenvalue weighted by Crippen LogP contribution is 2.16. The highest BCUT2D eigenvalue weighted by Gasteiger charge is 2.08. The van der Waals surface area contributed by atoms with Crippen LogP contribution in [0.2, 0.25) is 0 Å². The molecule has 4 heteroatoms. The van der Waals surface area contributed by atoms with Crippen LogP contribution < -0.4 is 5.56 Å². The third-order valence-electron chi connectivity index (χ3n) is 3.13. The number of aryl methyl sites for hydroxylation is 1. The molecule has 19 heavy (non-hydrogen) atoms. The van der Waals surface area contributed by atoms with E-state index in [9.17, 15) is 4.79 Å². The van der Waals surface area contributed by atoms with Gasteiger partial charge in [-0.05, 0) is 17.7 Å². The Kier molecular flexibility index (Phi) is 2.83. The Bertz CT molecular complexity index is 778. The number of aromatic nitrogens is 3. The fourth-order valence-electron chi connectivity index (χ4n) is 2.20. The van der Waals surface area contributed by atoms with Crippen LogP contribution in [0.5, 0.6) is 0 Å². The molecule has 0 atom stereocenters. The van der Waals surface area contributed by atoms with Gasteiger partial charge in [0.05, 0.1) is 11.1 Å². The van der Waals surface area contributed by atoms with E-state index in [1.807, 2.05) is 42.6 Å². The van der Waals surface area contributed by atoms with Crippen molar-refractivity contribution in [2.45, 2.75) is 6.42 Å². The van der Waals surface area contributed by atoms with E-state index in [-0.39, 0.29) is 5.56 Å². The van der Waals surface area contributed by atoms with Crippen molar-refractivity contribution in [1.82, 2.24) is 14.8 Å². The molecule has 0 amide bonds. The Labute approximate surface area is 110 Å². The smallest absolute Gasteiger partial charge is 0.267 e. The molecule has 2 aromatic heterocycles. The number of fused-ring (bicyclic) bond motifs is 1. The summed E-state index contributed by atoms with van der Waals surface area (Å²) >= 11 is 0. The number of rotatable bonds is 2. The van der Waals surface area contributed by atoms with Gasteiger partial charge in [0.25, 0.3) is 5.56 Å². The van der Waals surface area contributed by atoms with Crippen LogP contribution >= 0.6 is 0 Å². The number of benzene rings is 1. The molecule has 0 spiro atoms. The first-order valence-corrected chi connectivity index (χ1v) is 6.09. The van der Waals surface area contributed by atoms with Gasteiger partial charge in [-0.1, -0.05) is 24.3 Å². The number of hydrogen-bond acceptors (Lipinski definition) is 3. The van der Waals surface area contributed by atoms with E-state index in [1.165, 1.54) is 4.68 Å². The summed E-state index contributed by atoms with van der Waals surface area (Å²) < 4.78 is 1.40. The molecule has 0 fully saturated rings. The monoisotopic (exact) mass is 251 g/mol. The van der Waals surface area contributed by atoms with Gasteiger partial charge in [-0.2, -0.15) is 5.10 Å². The predicted molar refractivity (Wildman–Crippen MR) is 74.0 cm³/mol. The van der Waals surface area contributed by atoms with Gasteiger partial charge in [0, 0.05) is 31.2 Å². The van der Waals surface area contributed by atoms with Crippen molar-refractivity contribution < 1.29 is 0 Å². The molecule has 0 aliphatic heterocycles. The fourth-order valence-corrected chi connectivity index (χ4v) is 2.20. The van der Waals surface area contributed by atoms with Crippen LogP contribution in [-0.2, 0) is 13.5 Å². The number of pyridine rings is 1. The van der Waals surface area contributed by atoms with Crippen molar-refractivity contribution in [3.63, 3.8) is 0 Å². The molecule has 3 aromatic rings. The quantitative estimate of drug-likeness (QED) is 0.699. The molecule has 2 heterocycles. The normalized spacial score (nSPS) is 10.8. The summed E-state index contributed by atoms with van der Waals surface area (Å²) in [6.45, 7) is 0. The number of nitrogens with zero attached hydrogens (tertiary/aromatic N) is 3. The van der Waals surface area contributed by atoms with Crippen molar-refractivity contribution in [3.05, 3.63) is 70.4 Å². The zero-order valence-corrected chi connectivity index (χ0v) is 10.6. The molecule has 94 valence electrons. The minimum Gasteiger partial charge on any atom is -0.267 e. The Balaban J connectivity index is 2.19. The van der Waals surface area contributed by atoms with Gasteiger partial charge >= 0.3 is 0 Å². The average molecular weight is 251 g/mol. The Morgan fingerprint density at radius 2 is 1.89 bits per heavy atom. The zero-order chi connectivity index (χ0) is 13.2. The molecule has 0 aliphatic carbocycles. The van der Waals surface area contributed by atoms with Gasteiger partial charge in [0.2, 0.25) is 0 Å². The minimum atomic E-state index is -0.0643. The van der Waals surface area contributed by atoms with Crippen molar-refractivity contribution in [2.75, 3.05) is 0 Å². The molecule has 3 rings (SSSR count). The lowest BCUT2D eigenvalue weighted by Gasteiger charge is -2.07. The molecule has 0 saturated carbocycles. The van der Waals surface area contributed by atoms with Gasteiger partial charge in [-0.15, -0.1) is 0 Å². The van der Waals surface area contributed by atoms with Crippen molar-refractivity contribution >= 4 is 10.8 Å². The van der Waals surface area contributed by atoms with Crippen LogP contribution in [-0.4, -0.2) is 14.8 Å². The van der Waals surface area contributed by atoms with E-state index >= 15 is 0 Å². The van der Waals surface area contributed by atoms with Crippen LogP contribution in [0.4, 0.5) is 0 Å². The maximum absolute atomic E-state index is 12.0.